The zero-order chi connectivity index (χ0) is 12.3. The molecule has 1 atom stereocenters. The SMILES string of the molecule is Cc1ccc(OCC(=O)NC[C@@H]2CO2)cc1C. The van der Waals surface area contributed by atoms with Gasteiger partial charge < -0.3 is 14.8 Å². The van der Waals surface area contributed by atoms with Crippen molar-refractivity contribution in [3.63, 3.8) is 0 Å². The van der Waals surface area contributed by atoms with Gasteiger partial charge in [0.2, 0.25) is 0 Å². The molecule has 0 radical (unpaired) electrons. The number of aryl methyl sites for hydroxylation is 2. The fourth-order valence-corrected chi connectivity index (χ4v) is 1.42. The lowest BCUT2D eigenvalue weighted by atomic mass is 10.1. The maximum atomic E-state index is 11.4. The average Bonchev–Trinajstić information content (AvgIpc) is 3.12. The van der Waals surface area contributed by atoms with Crippen LogP contribution in [-0.2, 0) is 9.53 Å². The van der Waals surface area contributed by atoms with E-state index in [0.717, 1.165) is 17.9 Å². The molecule has 1 aliphatic heterocycles. The van der Waals surface area contributed by atoms with E-state index in [1.54, 1.807) is 0 Å². The Hall–Kier alpha value is -1.55. The van der Waals surface area contributed by atoms with Crippen LogP contribution in [0.15, 0.2) is 18.2 Å². The Morgan fingerprint density at radius 2 is 2.24 bits per heavy atom. The first-order valence-corrected chi connectivity index (χ1v) is 5.73. The van der Waals surface area contributed by atoms with Crippen molar-refractivity contribution in [3.05, 3.63) is 29.3 Å². The quantitative estimate of drug-likeness (QED) is 0.780. The molecule has 4 heteroatoms. The largest absolute Gasteiger partial charge is 0.484 e. The maximum absolute atomic E-state index is 11.4. The standard InChI is InChI=1S/C13H17NO3/c1-9-3-4-11(5-10(9)2)17-8-13(15)14-6-12-7-16-12/h3-5,12H,6-8H2,1-2H3,(H,14,15)/t12-/m1/s1. The first kappa shape index (κ1) is 11.9. The highest BCUT2D eigenvalue weighted by Crippen LogP contribution is 2.16. The molecule has 17 heavy (non-hydrogen) atoms. The molecule has 1 heterocycles. The van der Waals surface area contributed by atoms with E-state index in [-0.39, 0.29) is 18.6 Å². The number of benzene rings is 1. The van der Waals surface area contributed by atoms with Crippen molar-refractivity contribution in [3.8, 4) is 5.75 Å². The minimum absolute atomic E-state index is 0.0508. The molecule has 0 bridgehead atoms. The van der Waals surface area contributed by atoms with Crippen LogP contribution in [-0.4, -0.2) is 31.8 Å². The minimum atomic E-state index is -0.112. The molecule has 1 aromatic carbocycles. The summed E-state index contributed by atoms with van der Waals surface area (Å²) in [5.41, 5.74) is 2.38. The topological polar surface area (TPSA) is 50.9 Å². The van der Waals surface area contributed by atoms with Crippen LogP contribution in [0.3, 0.4) is 0 Å². The molecular weight excluding hydrogens is 218 g/mol. The van der Waals surface area contributed by atoms with Gasteiger partial charge in [0.1, 0.15) is 5.75 Å². The third-order valence-corrected chi connectivity index (χ3v) is 2.78. The van der Waals surface area contributed by atoms with Crippen molar-refractivity contribution in [2.24, 2.45) is 0 Å². The van der Waals surface area contributed by atoms with Crippen molar-refractivity contribution in [2.75, 3.05) is 19.8 Å². The summed E-state index contributed by atoms with van der Waals surface area (Å²) in [6.45, 7) is 5.44. The molecule has 0 unspecified atom stereocenters. The number of carbonyl (C=O) groups excluding carboxylic acids is 1. The van der Waals surface area contributed by atoms with Crippen LogP contribution < -0.4 is 10.1 Å². The Balaban J connectivity index is 1.75. The van der Waals surface area contributed by atoms with Gasteiger partial charge in [0.15, 0.2) is 6.61 Å². The van der Waals surface area contributed by atoms with Gasteiger partial charge in [-0.2, -0.15) is 0 Å². The summed E-state index contributed by atoms with van der Waals surface area (Å²) in [5.74, 6) is 0.615. The highest BCUT2D eigenvalue weighted by atomic mass is 16.6. The Morgan fingerprint density at radius 3 is 2.88 bits per heavy atom. The van der Waals surface area contributed by atoms with E-state index in [2.05, 4.69) is 5.32 Å². The lowest BCUT2D eigenvalue weighted by molar-refractivity contribution is -0.123. The van der Waals surface area contributed by atoms with Gasteiger partial charge in [-0.1, -0.05) is 6.07 Å². The number of hydrogen-bond donors (Lipinski definition) is 1. The van der Waals surface area contributed by atoms with Crippen molar-refractivity contribution >= 4 is 5.91 Å². The predicted octanol–water partition coefficient (Wildman–Crippen LogP) is 1.20. The third kappa shape index (κ3) is 3.75. The van der Waals surface area contributed by atoms with Crippen LogP contribution in [0.25, 0.3) is 0 Å². The van der Waals surface area contributed by atoms with Gasteiger partial charge in [-0.25, -0.2) is 0 Å². The van der Waals surface area contributed by atoms with E-state index >= 15 is 0 Å². The van der Waals surface area contributed by atoms with E-state index in [0.29, 0.717) is 6.54 Å². The zero-order valence-corrected chi connectivity index (χ0v) is 10.2. The minimum Gasteiger partial charge on any atom is -0.484 e. The normalized spacial score (nSPS) is 17.6. The lowest BCUT2D eigenvalue weighted by Gasteiger charge is -2.08. The first-order valence-electron chi connectivity index (χ1n) is 5.73. The van der Waals surface area contributed by atoms with Crippen LogP contribution in [0, 0.1) is 13.8 Å². The monoisotopic (exact) mass is 235 g/mol. The van der Waals surface area contributed by atoms with Crippen molar-refractivity contribution in [1.82, 2.24) is 5.32 Å². The molecule has 0 aromatic heterocycles. The average molecular weight is 235 g/mol. The van der Waals surface area contributed by atoms with Gasteiger partial charge in [-0.15, -0.1) is 0 Å². The van der Waals surface area contributed by atoms with Crippen molar-refractivity contribution in [1.29, 1.82) is 0 Å². The molecule has 0 aliphatic carbocycles. The van der Waals surface area contributed by atoms with E-state index in [4.69, 9.17) is 9.47 Å². The van der Waals surface area contributed by atoms with E-state index in [1.807, 2.05) is 32.0 Å². The summed E-state index contributed by atoms with van der Waals surface area (Å²) in [6, 6.07) is 5.80. The molecule has 1 saturated heterocycles. The van der Waals surface area contributed by atoms with Crippen molar-refractivity contribution in [2.45, 2.75) is 20.0 Å². The van der Waals surface area contributed by atoms with E-state index < -0.39 is 0 Å². The molecule has 0 spiro atoms. The fourth-order valence-electron chi connectivity index (χ4n) is 1.42. The highest BCUT2D eigenvalue weighted by molar-refractivity contribution is 5.77. The first-order chi connectivity index (χ1) is 8.15. The molecule has 4 nitrogen and oxygen atoms in total. The van der Waals surface area contributed by atoms with Crippen LogP contribution in [0.1, 0.15) is 11.1 Å². The molecule has 1 N–H and O–H groups in total. The Kier molecular flexibility index (Phi) is 3.64. The van der Waals surface area contributed by atoms with Gasteiger partial charge in [-0.05, 0) is 37.1 Å². The lowest BCUT2D eigenvalue weighted by Crippen LogP contribution is -2.31. The molecule has 92 valence electrons. The molecule has 2 rings (SSSR count). The fraction of sp³-hybridized carbons (Fsp3) is 0.462. The van der Waals surface area contributed by atoms with Crippen molar-refractivity contribution < 1.29 is 14.3 Å². The van der Waals surface area contributed by atoms with Crippen LogP contribution in [0.5, 0.6) is 5.75 Å². The van der Waals surface area contributed by atoms with Crippen LogP contribution in [0.4, 0.5) is 0 Å². The Labute approximate surface area is 101 Å². The second-order valence-electron chi connectivity index (χ2n) is 4.29. The van der Waals surface area contributed by atoms with Gasteiger partial charge >= 0.3 is 0 Å². The number of amides is 1. The third-order valence-electron chi connectivity index (χ3n) is 2.78. The second-order valence-corrected chi connectivity index (χ2v) is 4.29. The van der Waals surface area contributed by atoms with Gasteiger partial charge in [-0.3, -0.25) is 4.79 Å². The number of ether oxygens (including phenoxy) is 2. The molecular formula is C13H17NO3. The number of epoxide rings is 1. The summed E-state index contributed by atoms with van der Waals surface area (Å²) in [6.07, 6.45) is 0.209. The summed E-state index contributed by atoms with van der Waals surface area (Å²) < 4.78 is 10.4. The maximum Gasteiger partial charge on any atom is 0.258 e. The number of carbonyl (C=O) groups is 1. The van der Waals surface area contributed by atoms with Gasteiger partial charge in [0, 0.05) is 6.54 Å². The Bertz CT molecular complexity index is 413. The summed E-state index contributed by atoms with van der Waals surface area (Å²) in [7, 11) is 0. The van der Waals surface area contributed by atoms with Crippen LogP contribution >= 0.6 is 0 Å². The molecule has 1 aromatic rings. The molecule has 1 fully saturated rings. The van der Waals surface area contributed by atoms with E-state index in [9.17, 15) is 4.79 Å². The summed E-state index contributed by atoms with van der Waals surface area (Å²) in [5, 5.41) is 2.75. The highest BCUT2D eigenvalue weighted by Gasteiger charge is 2.22. The second kappa shape index (κ2) is 5.19. The zero-order valence-electron chi connectivity index (χ0n) is 10.2. The van der Waals surface area contributed by atoms with Gasteiger partial charge in [0.05, 0.1) is 12.7 Å². The number of hydrogen-bond acceptors (Lipinski definition) is 3. The molecule has 0 saturated carbocycles. The summed E-state index contributed by atoms with van der Waals surface area (Å²) >= 11 is 0. The smallest absolute Gasteiger partial charge is 0.258 e. The van der Waals surface area contributed by atoms with Gasteiger partial charge in [0.25, 0.3) is 5.91 Å². The predicted molar refractivity (Wildman–Crippen MR) is 64.2 cm³/mol. The molecule has 1 amide bonds. The summed E-state index contributed by atoms with van der Waals surface area (Å²) in [4.78, 5) is 11.4. The van der Waals surface area contributed by atoms with Crippen LogP contribution in [0.2, 0.25) is 0 Å². The molecule has 1 aliphatic rings. The number of rotatable bonds is 5. The Morgan fingerprint density at radius 1 is 1.47 bits per heavy atom. The number of nitrogens with one attached hydrogen (secondary N) is 1. The van der Waals surface area contributed by atoms with E-state index in [1.165, 1.54) is 5.56 Å².